The Hall–Kier alpha value is -11.0. The first kappa shape index (κ1) is 84.6. The fraction of sp³-hybridized carbons (Fsp3) is 0.395. The number of hydrogen-bond acceptors (Lipinski definition) is 16. The van der Waals surface area contributed by atoms with Crippen LogP contribution >= 0.6 is 0 Å². The molecule has 29 heteroatoms. The second-order valence-corrected chi connectivity index (χ2v) is 28.7. The number of aliphatic hydroxyl groups is 1. The quantitative estimate of drug-likeness (QED) is 0.0135. The van der Waals surface area contributed by atoms with Crippen molar-refractivity contribution in [2.45, 2.75) is 196 Å². The van der Waals surface area contributed by atoms with E-state index in [1.807, 2.05) is 107 Å². The van der Waals surface area contributed by atoms with Gasteiger partial charge in [-0.3, -0.25) is 29.8 Å². The van der Waals surface area contributed by atoms with Gasteiger partial charge in [-0.2, -0.15) is 0 Å². The number of unbranched alkanes of at least 4 members (excludes halogenated alkanes) is 2. The molecule has 3 aliphatic rings. The van der Waals surface area contributed by atoms with Crippen LogP contribution in [0.15, 0.2) is 103 Å². The number of rotatable bonds is 23. The molecule has 3 saturated carbocycles. The normalized spacial score (nSPS) is 13.2. The fourth-order valence-corrected chi connectivity index (χ4v) is 11.7. The molecule has 12 rings (SSSR count). The predicted octanol–water partition coefficient (Wildman–Crippen LogP) is 13.9. The van der Waals surface area contributed by atoms with Gasteiger partial charge in [-0.25, -0.2) is 55.8 Å². The number of nitrogens with zero attached hydrogens (tertiary/aromatic N) is 12. The Balaban J connectivity index is 0.000000216. The number of aryl methyl sites for hydroxylation is 6. The van der Waals surface area contributed by atoms with Crippen LogP contribution in [0.25, 0.3) is 93.2 Å². The number of nitrogens with two attached hydrogens (primary N) is 1. The summed E-state index contributed by atoms with van der Waals surface area (Å²) in [5.74, 6) is 0.0465. The number of amides is 5. The number of nitrogen functional groups attached to an aromatic ring is 1. The summed E-state index contributed by atoms with van der Waals surface area (Å²) in [6.07, 6.45) is 17.1. The summed E-state index contributed by atoms with van der Waals surface area (Å²) in [7, 11) is 3.75. The van der Waals surface area contributed by atoms with Crippen LogP contribution in [0, 0.1) is 71.6 Å². The second-order valence-electron chi connectivity index (χ2n) is 28.7. The molecule has 110 heavy (non-hydrogen) atoms. The van der Waals surface area contributed by atoms with E-state index in [2.05, 4.69) is 93.2 Å². The summed E-state index contributed by atoms with van der Waals surface area (Å²) in [5.41, 5.74) is 16.7. The number of carbonyl (C=O) groups is 6. The van der Waals surface area contributed by atoms with Crippen molar-refractivity contribution in [3.8, 4) is 33.4 Å². The molecule has 0 spiro atoms. The SMILES string of the molecule is CCCCn1c(C=O)c(-c2ccc(C)cc2)c2c(NC(=O)OC(C)(C)C)ncnc21.[2H][B].[C-]#[N+]/C(=C\c1c(-c2ccc(C)cc2)c2c(N)ncnc2n1CCCO)C(=O)NC1CC1.[C-]#[N+]/C(=C\c1c(-c2ccc(C)cc2)c2c(NC(=O)OC(C)(C)C)ncnc2n1CCCC)C(=O)NC1CC1.[C-]#[N+]CC(=O)NC1CC1.[U]. The number of nitrogens with one attached hydrogen (secondary N) is 5. The average molecular weight is 1710 g/mol. The van der Waals surface area contributed by atoms with Gasteiger partial charge in [0, 0.05) is 112 Å². The number of fused-ring (bicyclic) bond motifs is 3. The second kappa shape index (κ2) is 39.4. The maximum absolute atomic E-state index is 12.9. The molecule has 5 amide bonds. The monoisotopic (exact) mass is 1710 g/mol. The molecule has 0 unspecified atom stereocenters. The van der Waals surface area contributed by atoms with Crippen molar-refractivity contribution in [3.05, 3.63) is 171 Å². The zero-order chi connectivity index (χ0) is 80.0. The van der Waals surface area contributed by atoms with Crippen LogP contribution in [-0.2, 0) is 43.5 Å². The van der Waals surface area contributed by atoms with Crippen LogP contribution in [0.4, 0.5) is 27.0 Å². The fourth-order valence-electron chi connectivity index (χ4n) is 11.7. The molecule has 0 bridgehead atoms. The van der Waals surface area contributed by atoms with E-state index in [4.69, 9.17) is 36.3 Å². The van der Waals surface area contributed by atoms with E-state index in [0.29, 0.717) is 105 Å². The zero-order valence-electron chi connectivity index (χ0n) is 65.2. The van der Waals surface area contributed by atoms with E-state index in [0.717, 1.165) is 115 Å². The van der Waals surface area contributed by atoms with E-state index < -0.39 is 23.4 Å². The summed E-state index contributed by atoms with van der Waals surface area (Å²) in [6.45, 7) is 44.4. The number of ether oxygens (including phenoxy) is 2. The molecule has 6 aromatic heterocycles. The van der Waals surface area contributed by atoms with Gasteiger partial charge in [0.05, 0.1) is 35.0 Å². The third-order valence-electron chi connectivity index (χ3n) is 17.3. The van der Waals surface area contributed by atoms with Crippen molar-refractivity contribution < 1.29 is 74.5 Å². The number of hydrogen-bond donors (Lipinski definition) is 7. The zero-order valence-corrected chi connectivity index (χ0v) is 68.3. The molecular weight excluding hydrogens is 1620 g/mol. The van der Waals surface area contributed by atoms with Crippen LogP contribution in [0.3, 0.4) is 0 Å². The third-order valence-corrected chi connectivity index (χ3v) is 17.3. The van der Waals surface area contributed by atoms with Gasteiger partial charge in [0.1, 0.15) is 64.6 Å². The first-order chi connectivity index (χ1) is 52.7. The first-order valence-corrected chi connectivity index (χ1v) is 36.3. The molecule has 3 fully saturated rings. The molecule has 6 heterocycles. The Kier molecular flexibility index (Phi) is 30.3. The molecule has 0 atom stereocenters. The maximum Gasteiger partial charge on any atom is 0.413 e. The van der Waals surface area contributed by atoms with Gasteiger partial charge in [0.15, 0.2) is 6.29 Å². The van der Waals surface area contributed by atoms with Crippen LogP contribution in [0.2, 0.25) is 0 Å². The largest absolute Gasteiger partial charge is 0.444 e. The Morgan fingerprint density at radius 2 is 0.900 bits per heavy atom. The topological polar surface area (TPSA) is 332 Å². The van der Waals surface area contributed by atoms with Crippen LogP contribution in [0.1, 0.15) is 165 Å². The van der Waals surface area contributed by atoms with Crippen molar-refractivity contribution in [2.75, 3.05) is 29.5 Å². The summed E-state index contributed by atoms with van der Waals surface area (Å²) < 4.78 is 21.9. The van der Waals surface area contributed by atoms with Gasteiger partial charge in [0.2, 0.25) is 0 Å². The molecule has 9 aromatic rings. The number of aliphatic hydroxyl groups excluding tert-OH is 1. The molecule has 8 N–H and O–H groups in total. The molecule has 0 saturated heterocycles. The average Bonchev–Trinajstić information content (AvgIpc) is 1.60. The van der Waals surface area contributed by atoms with Crippen LogP contribution < -0.4 is 32.3 Å². The summed E-state index contributed by atoms with van der Waals surface area (Å²) in [6, 6.07) is 24.5. The van der Waals surface area contributed by atoms with E-state index in [1.54, 1.807) is 53.7 Å². The summed E-state index contributed by atoms with van der Waals surface area (Å²) in [5, 5.41) is 25.4. The molecular formula is C81H95BN18O9U. The number of aldehydes is 1. The number of aromatic nitrogens is 9. The van der Waals surface area contributed by atoms with Gasteiger partial charge >= 0.3 is 12.2 Å². The minimum absolute atomic E-state index is 0. The van der Waals surface area contributed by atoms with Gasteiger partial charge in [-0.05, 0) is 150 Å². The molecule has 3 aliphatic carbocycles. The molecule has 27 nitrogen and oxygen atoms in total. The molecule has 570 valence electrons. The summed E-state index contributed by atoms with van der Waals surface area (Å²) >= 11 is 0. The van der Waals surface area contributed by atoms with E-state index in [9.17, 15) is 33.9 Å². The minimum atomic E-state index is -0.684. The van der Waals surface area contributed by atoms with E-state index in [-0.39, 0.29) is 85.5 Å². The maximum atomic E-state index is 12.9. The van der Waals surface area contributed by atoms with E-state index >= 15 is 0 Å². The number of benzene rings is 3. The van der Waals surface area contributed by atoms with Crippen molar-refractivity contribution in [1.82, 2.24) is 59.6 Å². The van der Waals surface area contributed by atoms with Crippen LogP contribution in [0.5, 0.6) is 0 Å². The number of anilines is 3. The third kappa shape index (κ3) is 23.0. The Morgan fingerprint density at radius 1 is 0.555 bits per heavy atom. The Morgan fingerprint density at radius 3 is 1.25 bits per heavy atom. The van der Waals surface area contributed by atoms with E-state index in [1.165, 1.54) is 19.0 Å². The van der Waals surface area contributed by atoms with Gasteiger partial charge < -0.3 is 54.8 Å². The summed E-state index contributed by atoms with van der Waals surface area (Å²) in [4.78, 5) is 110. The van der Waals surface area contributed by atoms with Crippen LogP contribution in [-0.4, -0.2) is 137 Å². The first-order valence-electron chi connectivity index (χ1n) is 36.9. The van der Waals surface area contributed by atoms with Crippen molar-refractivity contribution >= 4 is 107 Å². The molecule has 2 radical (unpaired) electrons. The van der Waals surface area contributed by atoms with Crippen molar-refractivity contribution in [2.24, 2.45) is 0 Å². The van der Waals surface area contributed by atoms with Gasteiger partial charge in [-0.15, -0.1) is 0 Å². The Labute approximate surface area is 668 Å². The van der Waals surface area contributed by atoms with Crippen molar-refractivity contribution in [1.29, 1.82) is 1.34 Å². The Bertz CT molecular complexity index is 4990. The molecule has 0 aliphatic heterocycles. The minimum Gasteiger partial charge on any atom is -0.444 e. The van der Waals surface area contributed by atoms with Gasteiger partial charge in [0.25, 0.3) is 35.7 Å². The molecule has 3 aromatic carbocycles. The smallest absolute Gasteiger partial charge is 0.413 e. The predicted molar refractivity (Wildman–Crippen MR) is 425 cm³/mol. The standard InChI is InChI=1S/C29H34N6O3.C23H24N6O2.C23H28N4O3.C6H8N2O.BH.U/c1-7-8-15-35-22(16-21(30-6)27(36)33-20-13-14-20)23(19-11-9-18(2)10-12-19)24-25(31-17-32-26(24)35)34-28(37)38-29(3,4)5;1-14-4-6-15(7-5-14)19-18(12-17(25-2)23(31)28-16-8-9-16)29(10-3-11-30)22-20(19)21(24)26-13-27-22;1-6-7-12-27-17(13-28)18(16-10-8-15(2)9-11-16)19-20(24-14-25-21(19)27)26-22(29)30-23(3,4)5;1-7-4-6(9)8-5-2-3-5;;/h9-12,16-17,20H,7-8,13-15H2,1-5H3,(H,33,36)(H,31,32,34,37);4-7,12-13,16,30H,3,8-11H2,1H3,(H,28,31)(H2,24,26,27);8-11,13-14H,6-7,12H2,1-5H3,(H,24,25,26,29);5H,2-4H2,(H,8,9);1H;/b21-16-;17-12-;;;;/i;;;;1D;. The van der Waals surface area contributed by atoms with Gasteiger partial charge in [-0.1, -0.05) is 116 Å². The van der Waals surface area contributed by atoms with Crippen molar-refractivity contribution in [3.63, 3.8) is 0 Å². The number of carbonyl (C=O) groups excluding carboxylic acids is 6.